The van der Waals surface area contributed by atoms with Gasteiger partial charge in [-0.25, -0.2) is 11.7 Å². The number of hydrogen-bond donors (Lipinski definition) is 4. The van der Waals surface area contributed by atoms with Crippen molar-refractivity contribution >= 4 is 11.8 Å². The maximum Gasteiger partial charge on any atom is 0.240 e. The predicted molar refractivity (Wildman–Crippen MR) is 75.1 cm³/mol. The van der Waals surface area contributed by atoms with E-state index in [1.165, 1.54) is 0 Å². The molecule has 0 radical (unpaired) electrons. The first kappa shape index (κ1) is 18.8. The summed E-state index contributed by atoms with van der Waals surface area (Å²) in [5.74, 6) is 8.57. The average Bonchev–Trinajstić information content (AvgIpc) is 2.48. The second kappa shape index (κ2) is 7.58. The molecule has 0 aromatic heterocycles. The molecule has 0 aliphatic carbocycles. The number of hydrazine groups is 2. The standard InChI is InChI=1S/C13H22N6O2/c1-12(2,11(21)19-17)13(3,5-4-10(20)18-16)6-9(7-14)8-15/h9H,4-6,16-17H2,1-3H3,(H,18,20)(H,19,21). The van der Waals surface area contributed by atoms with Gasteiger partial charge in [0.15, 0.2) is 0 Å². The number of nitrogens with two attached hydrogens (primary N) is 2. The molecule has 8 heteroatoms. The number of amides is 2. The van der Waals surface area contributed by atoms with Crippen molar-refractivity contribution in [3.8, 4) is 12.1 Å². The van der Waals surface area contributed by atoms with Crippen LogP contribution in [0.5, 0.6) is 0 Å². The van der Waals surface area contributed by atoms with Crippen molar-refractivity contribution < 1.29 is 9.59 Å². The van der Waals surface area contributed by atoms with Gasteiger partial charge in [0.1, 0.15) is 5.92 Å². The van der Waals surface area contributed by atoms with Crippen LogP contribution in [0.2, 0.25) is 0 Å². The van der Waals surface area contributed by atoms with Crippen LogP contribution in [-0.4, -0.2) is 11.8 Å². The first-order chi connectivity index (χ1) is 9.68. The summed E-state index contributed by atoms with van der Waals surface area (Å²) in [5.41, 5.74) is 2.36. The van der Waals surface area contributed by atoms with Crippen molar-refractivity contribution in [3.63, 3.8) is 0 Å². The predicted octanol–water partition coefficient (Wildman–Crippen LogP) is -0.168. The second-order valence-corrected chi connectivity index (χ2v) is 5.74. The lowest BCUT2D eigenvalue weighted by Crippen LogP contribution is -2.50. The van der Waals surface area contributed by atoms with E-state index in [9.17, 15) is 9.59 Å². The minimum Gasteiger partial charge on any atom is -0.294 e. The summed E-state index contributed by atoms with van der Waals surface area (Å²) in [6, 6.07) is 3.78. The normalized spacial score (nSPS) is 13.7. The summed E-state index contributed by atoms with van der Waals surface area (Å²) in [6.07, 6.45) is 0.520. The van der Waals surface area contributed by atoms with Gasteiger partial charge in [0.05, 0.1) is 17.6 Å². The van der Waals surface area contributed by atoms with Crippen molar-refractivity contribution in [2.45, 2.75) is 40.0 Å². The number of nitrogens with one attached hydrogen (secondary N) is 2. The molecular formula is C13H22N6O2. The Morgan fingerprint density at radius 2 is 1.67 bits per heavy atom. The van der Waals surface area contributed by atoms with Crippen LogP contribution in [0.25, 0.3) is 0 Å². The lowest BCUT2D eigenvalue weighted by atomic mass is 9.60. The van der Waals surface area contributed by atoms with Gasteiger partial charge in [-0.2, -0.15) is 10.5 Å². The fourth-order valence-electron chi connectivity index (χ4n) is 2.16. The molecular weight excluding hydrogens is 272 g/mol. The number of nitrogens with zero attached hydrogens (tertiary/aromatic N) is 2. The second-order valence-electron chi connectivity index (χ2n) is 5.74. The van der Waals surface area contributed by atoms with Gasteiger partial charge in [0, 0.05) is 6.42 Å². The van der Waals surface area contributed by atoms with Crippen molar-refractivity contribution in [3.05, 3.63) is 0 Å². The zero-order chi connectivity index (χ0) is 16.7. The average molecular weight is 294 g/mol. The summed E-state index contributed by atoms with van der Waals surface area (Å²) in [4.78, 5) is 23.4. The highest BCUT2D eigenvalue weighted by atomic mass is 16.2. The topological polar surface area (TPSA) is 158 Å². The van der Waals surface area contributed by atoms with Crippen LogP contribution in [0, 0.1) is 39.4 Å². The Bertz CT molecular complexity index is 462. The third-order valence-electron chi connectivity index (χ3n) is 4.24. The van der Waals surface area contributed by atoms with Gasteiger partial charge in [-0.15, -0.1) is 0 Å². The summed E-state index contributed by atoms with van der Waals surface area (Å²) in [5, 5.41) is 18.0. The van der Waals surface area contributed by atoms with E-state index in [-0.39, 0.29) is 25.2 Å². The molecule has 116 valence electrons. The highest BCUT2D eigenvalue weighted by molar-refractivity contribution is 5.82. The fraction of sp³-hybridized carbons (Fsp3) is 0.692. The molecule has 1 atom stereocenters. The molecule has 0 spiro atoms. The number of nitriles is 2. The Morgan fingerprint density at radius 3 is 2.05 bits per heavy atom. The molecule has 0 saturated heterocycles. The van der Waals surface area contributed by atoms with Crippen LogP contribution in [0.4, 0.5) is 0 Å². The lowest BCUT2D eigenvalue weighted by molar-refractivity contribution is -0.138. The summed E-state index contributed by atoms with van der Waals surface area (Å²) in [7, 11) is 0. The summed E-state index contributed by atoms with van der Waals surface area (Å²) in [6.45, 7) is 5.09. The van der Waals surface area contributed by atoms with E-state index >= 15 is 0 Å². The van der Waals surface area contributed by atoms with Gasteiger partial charge >= 0.3 is 0 Å². The SMILES string of the molecule is CC(CCC(=O)NN)(CC(C#N)C#N)C(C)(C)C(=O)NN. The first-order valence-corrected chi connectivity index (χ1v) is 6.48. The number of carbonyl (C=O) groups is 2. The molecule has 0 aliphatic rings. The monoisotopic (exact) mass is 294 g/mol. The van der Waals surface area contributed by atoms with Crippen LogP contribution in [0.3, 0.4) is 0 Å². The summed E-state index contributed by atoms with van der Waals surface area (Å²) >= 11 is 0. The Morgan fingerprint density at radius 1 is 1.14 bits per heavy atom. The minimum absolute atomic E-state index is 0.0812. The van der Waals surface area contributed by atoms with Crippen molar-refractivity contribution in [2.24, 2.45) is 28.4 Å². The van der Waals surface area contributed by atoms with E-state index < -0.39 is 22.7 Å². The Labute approximate surface area is 124 Å². The molecule has 0 aliphatic heterocycles. The number of hydrogen-bond acceptors (Lipinski definition) is 6. The molecule has 0 fully saturated rings. The maximum absolute atomic E-state index is 12.0. The van der Waals surface area contributed by atoms with E-state index in [0.717, 1.165) is 0 Å². The van der Waals surface area contributed by atoms with Crippen molar-refractivity contribution in [1.29, 1.82) is 10.5 Å². The Hall–Kier alpha value is -2.16. The van der Waals surface area contributed by atoms with E-state index in [4.69, 9.17) is 22.2 Å². The molecule has 0 heterocycles. The Kier molecular flexibility index (Phi) is 6.80. The molecule has 21 heavy (non-hydrogen) atoms. The Balaban J connectivity index is 5.45. The quantitative estimate of drug-likeness (QED) is 0.290. The van der Waals surface area contributed by atoms with Gasteiger partial charge in [0.25, 0.3) is 0 Å². The maximum atomic E-state index is 12.0. The van der Waals surface area contributed by atoms with E-state index in [0.29, 0.717) is 0 Å². The lowest BCUT2D eigenvalue weighted by Gasteiger charge is -2.43. The molecule has 2 amide bonds. The van der Waals surface area contributed by atoms with Gasteiger partial charge in [-0.3, -0.25) is 20.4 Å². The fourth-order valence-corrected chi connectivity index (χ4v) is 2.16. The molecule has 1 unspecified atom stereocenters. The van der Waals surface area contributed by atoms with Gasteiger partial charge in [-0.1, -0.05) is 20.8 Å². The van der Waals surface area contributed by atoms with Crippen LogP contribution in [0.1, 0.15) is 40.0 Å². The van der Waals surface area contributed by atoms with Crippen LogP contribution in [-0.2, 0) is 9.59 Å². The smallest absolute Gasteiger partial charge is 0.240 e. The van der Waals surface area contributed by atoms with Crippen molar-refractivity contribution in [1.82, 2.24) is 10.9 Å². The van der Waals surface area contributed by atoms with Crippen LogP contribution < -0.4 is 22.5 Å². The zero-order valence-electron chi connectivity index (χ0n) is 12.6. The minimum atomic E-state index is -0.970. The van der Waals surface area contributed by atoms with Crippen molar-refractivity contribution in [2.75, 3.05) is 0 Å². The molecule has 0 aromatic carbocycles. The molecule has 0 aromatic rings. The van der Waals surface area contributed by atoms with E-state index in [1.807, 2.05) is 17.6 Å². The largest absolute Gasteiger partial charge is 0.294 e. The molecule has 0 saturated carbocycles. The highest BCUT2D eigenvalue weighted by Gasteiger charge is 2.47. The molecule has 0 bridgehead atoms. The third-order valence-corrected chi connectivity index (χ3v) is 4.24. The molecule has 6 N–H and O–H groups in total. The van der Waals surface area contributed by atoms with E-state index in [1.54, 1.807) is 20.8 Å². The zero-order valence-corrected chi connectivity index (χ0v) is 12.6. The third kappa shape index (κ3) is 4.42. The highest BCUT2D eigenvalue weighted by Crippen LogP contribution is 2.47. The summed E-state index contributed by atoms with van der Waals surface area (Å²) < 4.78 is 0. The molecule has 0 rings (SSSR count). The van der Waals surface area contributed by atoms with Gasteiger partial charge < -0.3 is 0 Å². The molecule has 8 nitrogen and oxygen atoms in total. The van der Waals surface area contributed by atoms with Gasteiger partial charge in [-0.05, 0) is 18.3 Å². The number of rotatable bonds is 7. The van der Waals surface area contributed by atoms with Crippen LogP contribution >= 0.6 is 0 Å². The van der Waals surface area contributed by atoms with E-state index in [2.05, 4.69) is 5.43 Å². The number of carbonyl (C=O) groups excluding carboxylic acids is 2. The van der Waals surface area contributed by atoms with Gasteiger partial charge in [0.2, 0.25) is 11.8 Å². The van der Waals surface area contributed by atoms with Crippen LogP contribution in [0.15, 0.2) is 0 Å². The first-order valence-electron chi connectivity index (χ1n) is 6.48.